The Balaban J connectivity index is 2.24. The molecule has 1 N–H and O–H groups in total. The lowest BCUT2D eigenvalue weighted by Crippen LogP contribution is -2.50. The fourth-order valence-corrected chi connectivity index (χ4v) is 2.11. The number of nitrogens with one attached hydrogen (secondary N) is 1. The van der Waals surface area contributed by atoms with E-state index in [4.69, 9.17) is 4.74 Å². The summed E-state index contributed by atoms with van der Waals surface area (Å²) in [7, 11) is 1.80. The van der Waals surface area contributed by atoms with Crippen molar-refractivity contribution in [3.05, 3.63) is 23.9 Å². The van der Waals surface area contributed by atoms with E-state index in [0.717, 1.165) is 12.1 Å². The first-order valence-corrected chi connectivity index (χ1v) is 6.04. The second-order valence-electron chi connectivity index (χ2n) is 4.38. The minimum Gasteiger partial charge on any atom is -0.377 e. The van der Waals surface area contributed by atoms with E-state index in [1.165, 1.54) is 6.20 Å². The number of rotatable bonds is 3. The van der Waals surface area contributed by atoms with Crippen LogP contribution in [0, 0.1) is 0 Å². The van der Waals surface area contributed by atoms with Gasteiger partial charge in [0.25, 0.3) is 0 Å². The molecule has 7 heteroatoms. The molecule has 2 rings (SSSR count). The highest BCUT2D eigenvalue weighted by molar-refractivity contribution is 5.43. The number of ether oxygens (including phenoxy) is 1. The second kappa shape index (κ2) is 5.75. The zero-order valence-electron chi connectivity index (χ0n) is 10.6. The average molecular weight is 275 g/mol. The third kappa shape index (κ3) is 3.36. The van der Waals surface area contributed by atoms with E-state index in [1.807, 2.05) is 4.90 Å². The fourth-order valence-electron chi connectivity index (χ4n) is 2.11. The van der Waals surface area contributed by atoms with Crippen LogP contribution in [0.3, 0.4) is 0 Å². The summed E-state index contributed by atoms with van der Waals surface area (Å²) in [6.07, 6.45) is -3.15. The molecule has 1 aliphatic heterocycles. The van der Waals surface area contributed by atoms with Crippen molar-refractivity contribution in [3.63, 3.8) is 0 Å². The molecule has 1 aromatic heterocycles. The van der Waals surface area contributed by atoms with E-state index < -0.39 is 11.7 Å². The van der Waals surface area contributed by atoms with Crippen LogP contribution in [-0.4, -0.2) is 44.4 Å². The molecular formula is C12H16F3N3O. The number of anilines is 1. The fraction of sp³-hybridized carbons (Fsp3) is 0.583. The van der Waals surface area contributed by atoms with Crippen molar-refractivity contribution >= 4 is 5.82 Å². The molecular weight excluding hydrogens is 259 g/mol. The van der Waals surface area contributed by atoms with E-state index in [-0.39, 0.29) is 6.04 Å². The molecule has 0 radical (unpaired) electrons. The van der Waals surface area contributed by atoms with Crippen molar-refractivity contribution < 1.29 is 17.9 Å². The summed E-state index contributed by atoms with van der Waals surface area (Å²) in [4.78, 5) is 5.91. The van der Waals surface area contributed by atoms with Gasteiger partial charge in [-0.1, -0.05) is 0 Å². The summed E-state index contributed by atoms with van der Waals surface area (Å²) in [5.74, 6) is 0.346. The Morgan fingerprint density at radius 2 is 2.32 bits per heavy atom. The minimum absolute atomic E-state index is 0.00488. The topological polar surface area (TPSA) is 37.4 Å². The third-order valence-electron chi connectivity index (χ3n) is 3.03. The molecule has 0 saturated carbocycles. The van der Waals surface area contributed by atoms with E-state index in [0.29, 0.717) is 32.1 Å². The van der Waals surface area contributed by atoms with Gasteiger partial charge < -0.3 is 15.0 Å². The standard InChI is InChI=1S/C12H16F3N3O/c1-16-7-10-8-19-5-4-18(10)11-6-9(2-3-17-11)12(13,14)15/h2-3,6,10,16H,4-5,7-8H2,1H3. The van der Waals surface area contributed by atoms with E-state index >= 15 is 0 Å². The number of nitrogens with zero attached hydrogens (tertiary/aromatic N) is 2. The molecule has 0 spiro atoms. The summed E-state index contributed by atoms with van der Waals surface area (Å²) in [6, 6.07) is 2.07. The first-order chi connectivity index (χ1) is 9.02. The highest BCUT2D eigenvalue weighted by atomic mass is 19.4. The van der Waals surface area contributed by atoms with Gasteiger partial charge >= 0.3 is 6.18 Å². The molecule has 2 heterocycles. The molecule has 19 heavy (non-hydrogen) atoms. The van der Waals surface area contributed by atoms with Crippen molar-refractivity contribution in [2.45, 2.75) is 12.2 Å². The maximum absolute atomic E-state index is 12.7. The van der Waals surface area contributed by atoms with Gasteiger partial charge in [0.1, 0.15) is 5.82 Å². The molecule has 0 bridgehead atoms. The van der Waals surface area contributed by atoms with Crippen LogP contribution in [0.2, 0.25) is 0 Å². The Hall–Kier alpha value is -1.34. The Labute approximate surface area is 109 Å². The van der Waals surface area contributed by atoms with Crippen LogP contribution in [0.15, 0.2) is 18.3 Å². The van der Waals surface area contributed by atoms with Gasteiger partial charge in [-0.15, -0.1) is 0 Å². The van der Waals surface area contributed by atoms with Crippen LogP contribution in [0.25, 0.3) is 0 Å². The van der Waals surface area contributed by atoms with Gasteiger partial charge in [-0.3, -0.25) is 0 Å². The first kappa shape index (κ1) is 14.1. The minimum atomic E-state index is -4.34. The normalized spacial score (nSPS) is 20.6. The average Bonchev–Trinajstić information content (AvgIpc) is 2.39. The predicted octanol–water partition coefficient (Wildman–Crippen LogP) is 1.53. The smallest absolute Gasteiger partial charge is 0.377 e. The summed E-state index contributed by atoms with van der Waals surface area (Å²) in [6.45, 7) is 2.16. The lowest BCUT2D eigenvalue weighted by Gasteiger charge is -2.36. The Morgan fingerprint density at radius 3 is 3.00 bits per heavy atom. The van der Waals surface area contributed by atoms with Crippen LogP contribution < -0.4 is 10.2 Å². The molecule has 0 amide bonds. The Bertz CT molecular complexity index is 423. The van der Waals surface area contributed by atoms with Crippen LogP contribution in [0.5, 0.6) is 0 Å². The lowest BCUT2D eigenvalue weighted by molar-refractivity contribution is -0.137. The van der Waals surface area contributed by atoms with Crippen LogP contribution in [0.4, 0.5) is 19.0 Å². The second-order valence-corrected chi connectivity index (χ2v) is 4.38. The van der Waals surface area contributed by atoms with E-state index in [1.54, 1.807) is 7.05 Å². The molecule has 1 atom stereocenters. The molecule has 106 valence electrons. The van der Waals surface area contributed by atoms with Crippen molar-refractivity contribution in [2.24, 2.45) is 0 Å². The molecule has 1 aromatic rings. The zero-order valence-corrected chi connectivity index (χ0v) is 10.6. The van der Waals surface area contributed by atoms with Crippen LogP contribution in [0.1, 0.15) is 5.56 Å². The van der Waals surface area contributed by atoms with Crippen molar-refractivity contribution in [2.75, 3.05) is 38.3 Å². The SMILES string of the molecule is CNCC1COCCN1c1cc(C(F)(F)F)ccn1. The monoisotopic (exact) mass is 275 g/mol. The first-order valence-electron chi connectivity index (χ1n) is 6.04. The lowest BCUT2D eigenvalue weighted by atomic mass is 10.2. The van der Waals surface area contributed by atoms with Gasteiger partial charge in [0.05, 0.1) is 24.8 Å². The molecule has 0 aromatic carbocycles. The summed E-state index contributed by atoms with van der Waals surface area (Å²) in [5, 5.41) is 3.01. The molecule has 1 fully saturated rings. The molecule has 1 unspecified atom stereocenters. The van der Waals surface area contributed by atoms with Gasteiger partial charge in [0.2, 0.25) is 0 Å². The maximum atomic E-state index is 12.7. The molecule has 1 saturated heterocycles. The third-order valence-corrected chi connectivity index (χ3v) is 3.03. The number of hydrogen-bond donors (Lipinski definition) is 1. The van der Waals surface area contributed by atoms with Crippen molar-refractivity contribution in [1.82, 2.24) is 10.3 Å². The summed E-state index contributed by atoms with van der Waals surface area (Å²) >= 11 is 0. The summed E-state index contributed by atoms with van der Waals surface area (Å²) in [5.41, 5.74) is -0.674. The van der Waals surface area contributed by atoms with Crippen LogP contribution in [-0.2, 0) is 10.9 Å². The number of hydrogen-bond acceptors (Lipinski definition) is 4. The zero-order chi connectivity index (χ0) is 13.9. The number of likely N-dealkylation sites (N-methyl/N-ethyl adjacent to an activating group) is 1. The molecule has 1 aliphatic rings. The van der Waals surface area contributed by atoms with E-state index in [9.17, 15) is 13.2 Å². The largest absolute Gasteiger partial charge is 0.416 e. The van der Waals surface area contributed by atoms with E-state index in [2.05, 4.69) is 10.3 Å². The Kier molecular flexibility index (Phi) is 4.26. The van der Waals surface area contributed by atoms with Crippen LogP contribution >= 0.6 is 0 Å². The van der Waals surface area contributed by atoms with Gasteiger partial charge in [-0.2, -0.15) is 13.2 Å². The quantitative estimate of drug-likeness (QED) is 0.907. The maximum Gasteiger partial charge on any atom is 0.416 e. The number of alkyl halides is 3. The number of aromatic nitrogens is 1. The molecule has 0 aliphatic carbocycles. The Morgan fingerprint density at radius 1 is 1.53 bits per heavy atom. The number of halogens is 3. The number of morpholine rings is 1. The van der Waals surface area contributed by atoms with Gasteiger partial charge in [-0.05, 0) is 19.2 Å². The van der Waals surface area contributed by atoms with Gasteiger partial charge in [0, 0.05) is 19.3 Å². The number of pyridine rings is 1. The summed E-state index contributed by atoms with van der Waals surface area (Å²) < 4.78 is 43.4. The van der Waals surface area contributed by atoms with Crippen molar-refractivity contribution in [1.29, 1.82) is 0 Å². The highest BCUT2D eigenvalue weighted by Crippen LogP contribution is 2.31. The highest BCUT2D eigenvalue weighted by Gasteiger charge is 2.32. The van der Waals surface area contributed by atoms with Gasteiger partial charge in [0.15, 0.2) is 0 Å². The molecule has 4 nitrogen and oxygen atoms in total. The van der Waals surface area contributed by atoms with Gasteiger partial charge in [-0.25, -0.2) is 4.98 Å². The van der Waals surface area contributed by atoms with Crippen molar-refractivity contribution in [3.8, 4) is 0 Å². The predicted molar refractivity (Wildman–Crippen MR) is 65.1 cm³/mol.